The van der Waals surface area contributed by atoms with Gasteiger partial charge in [-0.15, -0.1) is 11.3 Å². The van der Waals surface area contributed by atoms with E-state index in [4.69, 9.17) is 10.8 Å². The summed E-state index contributed by atoms with van der Waals surface area (Å²) in [7, 11) is 0. The van der Waals surface area contributed by atoms with Crippen LogP contribution in [0.15, 0.2) is 30.3 Å². The van der Waals surface area contributed by atoms with Crippen LogP contribution < -0.4 is 5.73 Å². The van der Waals surface area contributed by atoms with Crippen LogP contribution in [0.2, 0.25) is 0 Å². The van der Waals surface area contributed by atoms with Gasteiger partial charge in [0, 0.05) is 23.5 Å². The second kappa shape index (κ2) is 4.42. The average Bonchev–Trinajstić information content (AvgIpc) is 2.62. The van der Waals surface area contributed by atoms with E-state index in [1.54, 1.807) is 0 Å². The smallest absolute Gasteiger partial charge is 0.180 e. The van der Waals surface area contributed by atoms with Crippen molar-refractivity contribution in [3.63, 3.8) is 0 Å². The normalized spacial score (nSPS) is 10.5. The molecule has 1 heterocycles. The second-order valence-electron chi connectivity index (χ2n) is 3.16. The summed E-state index contributed by atoms with van der Waals surface area (Å²) >= 11 is 1.44. The van der Waals surface area contributed by atoms with Gasteiger partial charge in [-0.1, -0.05) is 30.3 Å². The Labute approximate surface area is 92.2 Å². The van der Waals surface area contributed by atoms with E-state index >= 15 is 0 Å². The Morgan fingerprint density at radius 1 is 1.27 bits per heavy atom. The minimum absolute atomic E-state index is 0.126. The Hall–Kier alpha value is -1.39. The lowest BCUT2D eigenvalue weighted by Crippen LogP contribution is -1.90. The van der Waals surface area contributed by atoms with Gasteiger partial charge in [-0.05, 0) is 0 Å². The molecule has 78 valence electrons. The zero-order valence-corrected chi connectivity index (χ0v) is 9.00. The van der Waals surface area contributed by atoms with Gasteiger partial charge in [0.25, 0.3) is 0 Å². The van der Waals surface area contributed by atoms with E-state index in [0.717, 1.165) is 16.1 Å². The molecular formula is C11H12N2OS. The van der Waals surface area contributed by atoms with Crippen LogP contribution in [0.1, 0.15) is 4.88 Å². The third kappa shape index (κ3) is 2.16. The van der Waals surface area contributed by atoms with E-state index < -0.39 is 0 Å². The van der Waals surface area contributed by atoms with Crippen molar-refractivity contribution < 1.29 is 5.11 Å². The van der Waals surface area contributed by atoms with Gasteiger partial charge in [-0.2, -0.15) is 0 Å². The highest BCUT2D eigenvalue weighted by atomic mass is 32.1. The number of rotatable bonds is 3. The van der Waals surface area contributed by atoms with E-state index in [1.807, 2.05) is 30.3 Å². The van der Waals surface area contributed by atoms with E-state index in [0.29, 0.717) is 11.6 Å². The largest absolute Gasteiger partial charge is 0.396 e. The van der Waals surface area contributed by atoms with Gasteiger partial charge in [0.15, 0.2) is 5.13 Å². The lowest BCUT2D eigenvalue weighted by atomic mass is 10.1. The highest BCUT2D eigenvalue weighted by molar-refractivity contribution is 7.15. The number of thiazole rings is 1. The Morgan fingerprint density at radius 2 is 2.00 bits per heavy atom. The van der Waals surface area contributed by atoms with Crippen LogP contribution in [0.4, 0.5) is 5.13 Å². The molecule has 3 N–H and O–H groups in total. The molecule has 2 rings (SSSR count). The average molecular weight is 220 g/mol. The Bertz CT molecular complexity index is 439. The quantitative estimate of drug-likeness (QED) is 0.831. The van der Waals surface area contributed by atoms with Gasteiger partial charge in [0.1, 0.15) is 0 Å². The summed E-state index contributed by atoms with van der Waals surface area (Å²) in [6.45, 7) is 0.126. The van der Waals surface area contributed by atoms with E-state index in [2.05, 4.69) is 4.98 Å². The molecule has 0 unspecified atom stereocenters. The molecule has 0 fully saturated rings. The van der Waals surface area contributed by atoms with Crippen molar-refractivity contribution in [1.82, 2.24) is 4.98 Å². The molecular weight excluding hydrogens is 208 g/mol. The number of hydrogen-bond donors (Lipinski definition) is 2. The molecule has 0 saturated carbocycles. The zero-order valence-electron chi connectivity index (χ0n) is 8.18. The van der Waals surface area contributed by atoms with E-state index in [9.17, 15) is 0 Å². The third-order valence-corrected chi connectivity index (χ3v) is 3.04. The van der Waals surface area contributed by atoms with Crippen molar-refractivity contribution in [3.8, 4) is 11.3 Å². The predicted molar refractivity (Wildman–Crippen MR) is 62.8 cm³/mol. The zero-order chi connectivity index (χ0) is 10.7. The minimum Gasteiger partial charge on any atom is -0.396 e. The van der Waals surface area contributed by atoms with Crippen molar-refractivity contribution >= 4 is 16.5 Å². The van der Waals surface area contributed by atoms with Crippen LogP contribution in [0, 0.1) is 0 Å². The fourth-order valence-electron chi connectivity index (χ4n) is 1.46. The number of anilines is 1. The molecule has 0 bridgehead atoms. The number of aliphatic hydroxyl groups is 1. The standard InChI is InChI=1S/C11H12N2OS/c12-11-13-10(9(15-11)6-7-14)8-4-2-1-3-5-8/h1-5,14H,6-7H2,(H2,12,13). The summed E-state index contributed by atoms with van der Waals surface area (Å²) < 4.78 is 0. The van der Waals surface area contributed by atoms with Crippen molar-refractivity contribution in [2.45, 2.75) is 6.42 Å². The lowest BCUT2D eigenvalue weighted by molar-refractivity contribution is 0.300. The SMILES string of the molecule is Nc1nc(-c2ccccc2)c(CCO)s1. The Kier molecular flexibility index (Phi) is 2.99. The molecule has 0 radical (unpaired) electrons. The number of benzene rings is 1. The molecule has 3 nitrogen and oxygen atoms in total. The van der Waals surface area contributed by atoms with Crippen molar-refractivity contribution in [1.29, 1.82) is 0 Å². The van der Waals surface area contributed by atoms with Gasteiger partial charge >= 0.3 is 0 Å². The molecule has 0 aliphatic carbocycles. The number of aliphatic hydroxyl groups excluding tert-OH is 1. The number of hydrogen-bond acceptors (Lipinski definition) is 4. The molecule has 1 aromatic heterocycles. The molecule has 2 aromatic rings. The topological polar surface area (TPSA) is 59.1 Å². The van der Waals surface area contributed by atoms with Gasteiger partial charge in [-0.25, -0.2) is 4.98 Å². The molecule has 0 aliphatic heterocycles. The molecule has 0 atom stereocenters. The van der Waals surface area contributed by atoms with Crippen LogP contribution in [-0.4, -0.2) is 16.7 Å². The first-order valence-electron chi connectivity index (χ1n) is 4.72. The van der Waals surface area contributed by atoms with Gasteiger partial charge < -0.3 is 10.8 Å². The molecule has 1 aromatic carbocycles. The van der Waals surface area contributed by atoms with Gasteiger partial charge in [-0.3, -0.25) is 0 Å². The molecule has 0 spiro atoms. The Balaban J connectivity index is 2.43. The highest BCUT2D eigenvalue weighted by Gasteiger charge is 2.10. The summed E-state index contributed by atoms with van der Waals surface area (Å²) in [4.78, 5) is 5.33. The number of nitrogen functional groups attached to an aromatic ring is 1. The second-order valence-corrected chi connectivity index (χ2v) is 4.28. The minimum atomic E-state index is 0.126. The maximum absolute atomic E-state index is 8.94. The summed E-state index contributed by atoms with van der Waals surface area (Å²) in [5.74, 6) is 0. The molecule has 0 amide bonds. The van der Waals surface area contributed by atoms with Crippen molar-refractivity contribution in [3.05, 3.63) is 35.2 Å². The van der Waals surface area contributed by atoms with Crippen LogP contribution in [0.25, 0.3) is 11.3 Å². The molecule has 15 heavy (non-hydrogen) atoms. The number of nitrogens with zero attached hydrogens (tertiary/aromatic N) is 1. The van der Waals surface area contributed by atoms with Crippen molar-refractivity contribution in [2.24, 2.45) is 0 Å². The first-order chi connectivity index (χ1) is 7.31. The number of nitrogens with two attached hydrogens (primary N) is 1. The van der Waals surface area contributed by atoms with Crippen LogP contribution in [0.3, 0.4) is 0 Å². The summed E-state index contributed by atoms with van der Waals surface area (Å²) in [5, 5.41) is 9.49. The van der Waals surface area contributed by atoms with Crippen LogP contribution in [0.5, 0.6) is 0 Å². The van der Waals surface area contributed by atoms with E-state index in [-0.39, 0.29) is 6.61 Å². The fraction of sp³-hybridized carbons (Fsp3) is 0.182. The van der Waals surface area contributed by atoms with Crippen molar-refractivity contribution in [2.75, 3.05) is 12.3 Å². The van der Waals surface area contributed by atoms with Crippen LogP contribution in [-0.2, 0) is 6.42 Å². The van der Waals surface area contributed by atoms with E-state index in [1.165, 1.54) is 11.3 Å². The maximum atomic E-state index is 8.94. The molecule has 0 aliphatic rings. The first kappa shape index (κ1) is 10.1. The Morgan fingerprint density at radius 3 is 2.67 bits per heavy atom. The summed E-state index contributed by atoms with van der Waals surface area (Å²) in [6.07, 6.45) is 0.610. The summed E-state index contributed by atoms with van der Waals surface area (Å²) in [6, 6.07) is 9.89. The third-order valence-electron chi connectivity index (χ3n) is 2.10. The monoisotopic (exact) mass is 220 g/mol. The number of aromatic nitrogens is 1. The first-order valence-corrected chi connectivity index (χ1v) is 5.54. The predicted octanol–water partition coefficient (Wildman–Crippen LogP) is 1.93. The fourth-order valence-corrected chi connectivity index (χ4v) is 2.31. The summed E-state index contributed by atoms with van der Waals surface area (Å²) in [5.41, 5.74) is 7.62. The van der Waals surface area contributed by atoms with Crippen LogP contribution >= 0.6 is 11.3 Å². The maximum Gasteiger partial charge on any atom is 0.180 e. The van der Waals surface area contributed by atoms with Gasteiger partial charge in [0.2, 0.25) is 0 Å². The molecule has 4 heteroatoms. The highest BCUT2D eigenvalue weighted by Crippen LogP contribution is 2.29. The molecule has 0 saturated heterocycles. The van der Waals surface area contributed by atoms with Gasteiger partial charge in [0.05, 0.1) is 5.69 Å². The lowest BCUT2D eigenvalue weighted by Gasteiger charge is -1.99.